The van der Waals surface area contributed by atoms with Gasteiger partial charge in [-0.25, -0.2) is 15.0 Å². The zero-order valence-electron chi connectivity index (χ0n) is 15.6. The summed E-state index contributed by atoms with van der Waals surface area (Å²) < 4.78 is 0. The van der Waals surface area contributed by atoms with Crippen LogP contribution < -0.4 is 5.73 Å². The minimum atomic E-state index is -1.63. The number of hydrogen-bond donors (Lipinski definition) is 2. The summed E-state index contributed by atoms with van der Waals surface area (Å²) in [5, 5.41) is 11.3. The van der Waals surface area contributed by atoms with Gasteiger partial charge < -0.3 is 15.7 Å². The van der Waals surface area contributed by atoms with Crippen LogP contribution in [0.4, 0.5) is 5.82 Å². The maximum atomic E-state index is 12.1. The smallest absolute Gasteiger partial charge is 0.267 e. The number of rotatable bonds is 1. The third kappa shape index (κ3) is 2.94. The number of fused-ring (bicyclic) bond motifs is 1. The predicted octanol–water partition coefficient (Wildman–Crippen LogP) is 1.53. The molecule has 140 valence electrons. The Morgan fingerprint density at radius 1 is 1.29 bits per heavy atom. The standard InChI is InChI=1S/C21H19N5O2/c1-13-14(6-8-21(28)9-11-26(2)20(21)27)4-3-5-16(13)19-24-12-15-7-10-23-18(22)17(15)25-19/h3-5,7,10,12,28H,9,11H2,1-2H3,(H2,22,23). The summed E-state index contributed by atoms with van der Waals surface area (Å²) in [6.07, 6.45) is 3.63. The number of likely N-dealkylation sites (tertiary alicyclic amines) is 1. The lowest BCUT2D eigenvalue weighted by Gasteiger charge is -2.13. The zero-order chi connectivity index (χ0) is 19.9. The van der Waals surface area contributed by atoms with Gasteiger partial charge in [-0.3, -0.25) is 4.79 Å². The molecule has 1 aliphatic rings. The van der Waals surface area contributed by atoms with Crippen LogP contribution in [0.5, 0.6) is 0 Å². The third-order valence-electron chi connectivity index (χ3n) is 5.02. The van der Waals surface area contributed by atoms with Crippen LogP contribution in [-0.4, -0.2) is 50.1 Å². The summed E-state index contributed by atoms with van der Waals surface area (Å²) >= 11 is 0. The Morgan fingerprint density at radius 2 is 2.11 bits per heavy atom. The lowest BCUT2D eigenvalue weighted by Crippen LogP contribution is -2.37. The molecule has 1 atom stereocenters. The van der Waals surface area contributed by atoms with Crippen LogP contribution in [0.3, 0.4) is 0 Å². The number of anilines is 1. The number of hydrogen-bond acceptors (Lipinski definition) is 6. The largest absolute Gasteiger partial charge is 0.382 e. The number of aliphatic hydroxyl groups is 1. The van der Waals surface area contributed by atoms with Gasteiger partial charge in [-0.05, 0) is 24.6 Å². The van der Waals surface area contributed by atoms with Crippen molar-refractivity contribution in [1.29, 1.82) is 0 Å². The highest BCUT2D eigenvalue weighted by atomic mass is 16.3. The lowest BCUT2D eigenvalue weighted by atomic mass is 9.99. The second-order valence-corrected chi connectivity index (χ2v) is 6.89. The Hall–Kier alpha value is -3.50. The normalized spacial score (nSPS) is 19.0. The summed E-state index contributed by atoms with van der Waals surface area (Å²) in [4.78, 5) is 26.7. The summed E-state index contributed by atoms with van der Waals surface area (Å²) in [5.41, 5.74) is 7.28. The molecule has 1 unspecified atom stereocenters. The van der Waals surface area contributed by atoms with Crippen LogP contribution >= 0.6 is 0 Å². The fourth-order valence-electron chi connectivity index (χ4n) is 3.26. The van der Waals surface area contributed by atoms with Gasteiger partial charge >= 0.3 is 0 Å². The molecule has 2 aromatic heterocycles. The lowest BCUT2D eigenvalue weighted by molar-refractivity contribution is -0.137. The van der Waals surface area contributed by atoms with Crippen LogP contribution in [-0.2, 0) is 4.79 Å². The molecule has 3 aromatic rings. The van der Waals surface area contributed by atoms with Crippen molar-refractivity contribution < 1.29 is 9.90 Å². The molecule has 0 bridgehead atoms. The minimum absolute atomic E-state index is 0.300. The molecule has 1 amide bonds. The molecule has 0 spiro atoms. The molecule has 0 aliphatic carbocycles. The van der Waals surface area contributed by atoms with Gasteiger partial charge in [-0.1, -0.05) is 24.0 Å². The van der Waals surface area contributed by atoms with Crippen molar-refractivity contribution in [2.24, 2.45) is 0 Å². The Labute approximate surface area is 162 Å². The fraction of sp³-hybridized carbons (Fsp3) is 0.238. The number of likely N-dealkylation sites (N-methyl/N-ethyl adjacent to an activating group) is 1. The highest BCUT2D eigenvalue weighted by Crippen LogP contribution is 2.26. The van der Waals surface area contributed by atoms with Crippen molar-refractivity contribution in [2.75, 3.05) is 19.3 Å². The van der Waals surface area contributed by atoms with Gasteiger partial charge in [0, 0.05) is 48.9 Å². The molecule has 1 aromatic carbocycles. The summed E-state index contributed by atoms with van der Waals surface area (Å²) in [6, 6.07) is 7.40. The monoisotopic (exact) mass is 373 g/mol. The van der Waals surface area contributed by atoms with Crippen molar-refractivity contribution in [3.63, 3.8) is 0 Å². The average molecular weight is 373 g/mol. The van der Waals surface area contributed by atoms with Crippen LogP contribution in [0.15, 0.2) is 36.7 Å². The van der Waals surface area contributed by atoms with Crippen molar-refractivity contribution in [2.45, 2.75) is 18.9 Å². The molecular weight excluding hydrogens is 354 g/mol. The van der Waals surface area contributed by atoms with Crippen LogP contribution in [0.2, 0.25) is 0 Å². The molecule has 1 saturated heterocycles. The number of pyridine rings is 1. The Kier molecular flexibility index (Phi) is 4.21. The quantitative estimate of drug-likeness (QED) is 0.627. The van der Waals surface area contributed by atoms with E-state index in [4.69, 9.17) is 5.73 Å². The predicted molar refractivity (Wildman–Crippen MR) is 106 cm³/mol. The average Bonchev–Trinajstić information content (AvgIpc) is 2.95. The zero-order valence-corrected chi connectivity index (χ0v) is 15.6. The summed E-state index contributed by atoms with van der Waals surface area (Å²) in [7, 11) is 1.66. The number of carbonyl (C=O) groups excluding carboxylic acids is 1. The highest BCUT2D eigenvalue weighted by molar-refractivity contribution is 5.90. The van der Waals surface area contributed by atoms with E-state index >= 15 is 0 Å². The van der Waals surface area contributed by atoms with E-state index in [1.807, 2.05) is 25.1 Å². The number of carbonyl (C=O) groups is 1. The maximum Gasteiger partial charge on any atom is 0.267 e. The van der Waals surface area contributed by atoms with Crippen LogP contribution in [0, 0.1) is 18.8 Å². The van der Waals surface area contributed by atoms with Gasteiger partial charge in [0.25, 0.3) is 5.91 Å². The van der Waals surface area contributed by atoms with Gasteiger partial charge in [0.1, 0.15) is 11.3 Å². The van der Waals surface area contributed by atoms with Gasteiger partial charge in [-0.2, -0.15) is 0 Å². The molecule has 0 radical (unpaired) electrons. The van der Waals surface area contributed by atoms with Gasteiger partial charge in [0.15, 0.2) is 5.82 Å². The van der Waals surface area contributed by atoms with E-state index < -0.39 is 5.60 Å². The van der Waals surface area contributed by atoms with E-state index in [0.717, 1.165) is 16.5 Å². The van der Waals surface area contributed by atoms with Crippen molar-refractivity contribution in [3.8, 4) is 23.2 Å². The van der Waals surface area contributed by atoms with E-state index in [2.05, 4.69) is 26.8 Å². The molecule has 4 rings (SSSR count). The Morgan fingerprint density at radius 3 is 2.86 bits per heavy atom. The van der Waals surface area contributed by atoms with Gasteiger partial charge in [0.2, 0.25) is 5.60 Å². The van der Waals surface area contributed by atoms with Crippen molar-refractivity contribution in [3.05, 3.63) is 47.8 Å². The van der Waals surface area contributed by atoms with E-state index in [1.165, 1.54) is 4.90 Å². The number of benzene rings is 1. The first kappa shape index (κ1) is 17.9. The number of amides is 1. The highest BCUT2D eigenvalue weighted by Gasteiger charge is 2.42. The van der Waals surface area contributed by atoms with E-state index in [0.29, 0.717) is 35.7 Å². The Bertz CT molecular complexity index is 1160. The molecule has 1 fully saturated rings. The SMILES string of the molecule is Cc1c(C#CC2(O)CCN(C)C2=O)cccc1-c1ncc2ccnc(N)c2n1. The summed E-state index contributed by atoms with van der Waals surface area (Å²) in [5.74, 6) is 6.22. The molecule has 7 heteroatoms. The molecule has 3 N–H and O–H groups in total. The van der Waals surface area contributed by atoms with Crippen molar-refractivity contribution in [1.82, 2.24) is 19.9 Å². The third-order valence-corrected chi connectivity index (χ3v) is 5.02. The molecule has 0 saturated carbocycles. The molecule has 1 aliphatic heterocycles. The molecule has 3 heterocycles. The first-order valence-electron chi connectivity index (χ1n) is 8.87. The van der Waals surface area contributed by atoms with Crippen LogP contribution in [0.25, 0.3) is 22.3 Å². The second-order valence-electron chi connectivity index (χ2n) is 6.89. The summed E-state index contributed by atoms with van der Waals surface area (Å²) in [6.45, 7) is 2.40. The van der Waals surface area contributed by atoms with E-state index in [-0.39, 0.29) is 5.91 Å². The number of nitrogen functional groups attached to an aromatic ring is 1. The number of nitrogens with zero attached hydrogens (tertiary/aromatic N) is 4. The van der Waals surface area contributed by atoms with Crippen LogP contribution in [0.1, 0.15) is 17.5 Å². The number of aromatic nitrogens is 3. The van der Waals surface area contributed by atoms with E-state index in [9.17, 15) is 9.90 Å². The Balaban J connectivity index is 1.76. The minimum Gasteiger partial charge on any atom is -0.382 e. The topological polar surface area (TPSA) is 105 Å². The molecular formula is C21H19N5O2. The first-order valence-corrected chi connectivity index (χ1v) is 8.87. The maximum absolute atomic E-state index is 12.1. The fourth-order valence-corrected chi connectivity index (χ4v) is 3.26. The molecule has 28 heavy (non-hydrogen) atoms. The van der Waals surface area contributed by atoms with Gasteiger partial charge in [0.05, 0.1) is 0 Å². The van der Waals surface area contributed by atoms with Crippen molar-refractivity contribution >= 4 is 22.6 Å². The van der Waals surface area contributed by atoms with E-state index in [1.54, 1.807) is 25.5 Å². The number of nitrogens with two attached hydrogens (primary N) is 1. The van der Waals surface area contributed by atoms with Gasteiger partial charge in [-0.15, -0.1) is 0 Å². The first-order chi connectivity index (χ1) is 13.4. The molecule has 7 nitrogen and oxygen atoms in total. The second kappa shape index (κ2) is 6.59.